The summed E-state index contributed by atoms with van der Waals surface area (Å²) in [5.41, 5.74) is -0.542. The predicted molar refractivity (Wildman–Crippen MR) is 69.5 cm³/mol. The normalized spacial score (nSPS) is 31.7. The van der Waals surface area contributed by atoms with Crippen LogP contribution in [-0.2, 0) is 4.74 Å². The van der Waals surface area contributed by atoms with Crippen LogP contribution in [0.2, 0.25) is 0 Å². The Balaban J connectivity index is 2.27. The molecule has 0 aromatic heterocycles. The highest BCUT2D eigenvalue weighted by Crippen LogP contribution is 2.31. The van der Waals surface area contributed by atoms with Crippen LogP contribution in [0.15, 0.2) is 18.2 Å². The fourth-order valence-electron chi connectivity index (χ4n) is 2.12. The van der Waals surface area contributed by atoms with Gasteiger partial charge < -0.3 is 40.1 Å². The molecule has 1 fully saturated rings. The van der Waals surface area contributed by atoms with Crippen LogP contribution in [0.4, 0.5) is 0 Å². The molecule has 0 spiro atoms. The summed E-state index contributed by atoms with van der Waals surface area (Å²) in [6, 6.07) is 3.69. The van der Waals surface area contributed by atoms with Crippen LogP contribution in [0.25, 0.3) is 0 Å². The van der Waals surface area contributed by atoms with Gasteiger partial charge in [0.25, 0.3) is 0 Å². The van der Waals surface area contributed by atoms with Crippen LogP contribution in [0.1, 0.15) is 10.4 Å². The average Bonchev–Trinajstić information content (AvgIpc) is 2.47. The van der Waals surface area contributed by atoms with E-state index in [1.54, 1.807) is 0 Å². The average molecular weight is 316 g/mol. The number of ether oxygens (including phenoxy) is 2. The van der Waals surface area contributed by atoms with Crippen molar-refractivity contribution in [3.05, 3.63) is 23.8 Å². The molecule has 1 aliphatic rings. The largest absolute Gasteiger partial charge is 0.507 e. The number of benzene rings is 1. The van der Waals surface area contributed by atoms with E-state index in [9.17, 15) is 25.2 Å². The van der Waals surface area contributed by atoms with Crippen LogP contribution in [0, 0.1) is 0 Å². The maximum atomic E-state index is 11.1. The molecule has 1 aliphatic heterocycles. The lowest BCUT2D eigenvalue weighted by atomic mass is 9.99. The van der Waals surface area contributed by atoms with Crippen molar-refractivity contribution in [1.82, 2.24) is 0 Å². The standard InChI is InChI=1S/C13H16O9/c14-4-7-9(16)10(17)11(18)13(22-7)21-6-3-1-2-5(15)8(6)12(19)20/h1-3,7,9-11,13-18H,4H2,(H,19,20). The Labute approximate surface area is 124 Å². The Bertz CT molecular complexity index is 544. The van der Waals surface area contributed by atoms with Crippen molar-refractivity contribution < 1.29 is 44.9 Å². The molecule has 2 rings (SSSR count). The molecule has 1 saturated heterocycles. The Hall–Kier alpha value is -1.91. The number of phenols is 1. The van der Waals surface area contributed by atoms with Gasteiger partial charge in [0.1, 0.15) is 41.5 Å². The van der Waals surface area contributed by atoms with Gasteiger partial charge in [-0.3, -0.25) is 0 Å². The second-order valence-corrected chi connectivity index (χ2v) is 4.77. The molecule has 0 radical (unpaired) electrons. The number of hydrogen-bond donors (Lipinski definition) is 6. The van der Waals surface area contributed by atoms with Gasteiger partial charge in [0.2, 0.25) is 6.29 Å². The van der Waals surface area contributed by atoms with Gasteiger partial charge in [-0.25, -0.2) is 4.79 Å². The lowest BCUT2D eigenvalue weighted by molar-refractivity contribution is -0.277. The van der Waals surface area contributed by atoms with Crippen LogP contribution < -0.4 is 4.74 Å². The second-order valence-electron chi connectivity index (χ2n) is 4.77. The fraction of sp³-hybridized carbons (Fsp3) is 0.462. The first kappa shape index (κ1) is 16.5. The molecule has 5 atom stereocenters. The Morgan fingerprint density at radius 2 is 1.86 bits per heavy atom. The van der Waals surface area contributed by atoms with E-state index in [4.69, 9.17) is 19.7 Å². The molecule has 0 saturated carbocycles. The molecule has 9 nitrogen and oxygen atoms in total. The molecule has 0 amide bonds. The minimum Gasteiger partial charge on any atom is -0.507 e. The summed E-state index contributed by atoms with van der Waals surface area (Å²) < 4.78 is 10.3. The molecule has 122 valence electrons. The highest BCUT2D eigenvalue weighted by atomic mass is 16.7. The summed E-state index contributed by atoms with van der Waals surface area (Å²) >= 11 is 0. The molecule has 1 aromatic carbocycles. The van der Waals surface area contributed by atoms with E-state index in [-0.39, 0.29) is 5.75 Å². The predicted octanol–water partition coefficient (Wildman–Crippen LogP) is -1.73. The zero-order valence-electron chi connectivity index (χ0n) is 11.2. The number of carboxylic acid groups (broad SMARTS) is 1. The third-order valence-corrected chi connectivity index (χ3v) is 3.31. The van der Waals surface area contributed by atoms with Crippen molar-refractivity contribution in [3.8, 4) is 11.5 Å². The van der Waals surface area contributed by atoms with E-state index < -0.39 is 54.6 Å². The SMILES string of the molecule is O=C(O)c1c(O)cccc1OC1OC(CO)C(O)C(O)C1O. The van der Waals surface area contributed by atoms with Crippen molar-refractivity contribution >= 4 is 5.97 Å². The number of carboxylic acids is 1. The molecule has 0 aliphatic carbocycles. The number of carbonyl (C=O) groups is 1. The topological polar surface area (TPSA) is 157 Å². The summed E-state index contributed by atoms with van der Waals surface area (Å²) in [4.78, 5) is 11.1. The Kier molecular flexibility index (Phi) is 4.84. The third-order valence-electron chi connectivity index (χ3n) is 3.31. The van der Waals surface area contributed by atoms with E-state index in [2.05, 4.69) is 0 Å². The van der Waals surface area contributed by atoms with Crippen molar-refractivity contribution in [3.63, 3.8) is 0 Å². The number of aliphatic hydroxyl groups excluding tert-OH is 4. The van der Waals surface area contributed by atoms with Gasteiger partial charge in [-0.1, -0.05) is 6.07 Å². The summed E-state index contributed by atoms with van der Waals surface area (Å²) in [6.07, 6.45) is -7.60. The maximum absolute atomic E-state index is 11.1. The Morgan fingerprint density at radius 1 is 1.18 bits per heavy atom. The van der Waals surface area contributed by atoms with Gasteiger partial charge in [-0.2, -0.15) is 0 Å². The minimum absolute atomic E-state index is 0.295. The van der Waals surface area contributed by atoms with Crippen LogP contribution in [-0.4, -0.2) is 73.9 Å². The van der Waals surface area contributed by atoms with Gasteiger partial charge in [-0.05, 0) is 12.1 Å². The van der Waals surface area contributed by atoms with E-state index in [1.165, 1.54) is 12.1 Å². The van der Waals surface area contributed by atoms with Crippen molar-refractivity contribution in [1.29, 1.82) is 0 Å². The minimum atomic E-state index is -1.68. The van der Waals surface area contributed by atoms with Gasteiger partial charge in [0.15, 0.2) is 0 Å². The summed E-state index contributed by atoms with van der Waals surface area (Å²) in [5.74, 6) is -2.30. The number of aliphatic hydroxyl groups is 4. The van der Waals surface area contributed by atoms with E-state index in [0.29, 0.717) is 0 Å². The second kappa shape index (κ2) is 6.46. The molecule has 6 N–H and O–H groups in total. The quantitative estimate of drug-likeness (QED) is 0.380. The maximum Gasteiger partial charge on any atom is 0.343 e. The highest BCUT2D eigenvalue weighted by molar-refractivity contribution is 5.93. The lowest BCUT2D eigenvalue weighted by Crippen LogP contribution is -2.60. The number of rotatable bonds is 4. The van der Waals surface area contributed by atoms with Crippen molar-refractivity contribution in [2.75, 3.05) is 6.61 Å². The van der Waals surface area contributed by atoms with Gasteiger partial charge in [0.05, 0.1) is 6.61 Å². The van der Waals surface area contributed by atoms with E-state index in [1.807, 2.05) is 0 Å². The molecule has 22 heavy (non-hydrogen) atoms. The van der Waals surface area contributed by atoms with Crippen LogP contribution in [0.5, 0.6) is 11.5 Å². The zero-order chi connectivity index (χ0) is 16.4. The molecule has 1 aromatic rings. The number of aromatic hydroxyl groups is 1. The highest BCUT2D eigenvalue weighted by Gasteiger charge is 2.45. The van der Waals surface area contributed by atoms with Crippen LogP contribution >= 0.6 is 0 Å². The van der Waals surface area contributed by atoms with Crippen molar-refractivity contribution in [2.45, 2.75) is 30.7 Å². The Morgan fingerprint density at radius 3 is 2.45 bits per heavy atom. The summed E-state index contributed by atoms with van der Waals surface area (Å²) in [7, 11) is 0. The zero-order valence-corrected chi connectivity index (χ0v) is 11.2. The lowest BCUT2D eigenvalue weighted by Gasteiger charge is -2.39. The summed E-state index contributed by atoms with van der Waals surface area (Å²) in [6.45, 7) is -0.642. The van der Waals surface area contributed by atoms with Gasteiger partial charge in [0, 0.05) is 0 Å². The number of hydrogen-bond acceptors (Lipinski definition) is 8. The molecule has 5 unspecified atom stereocenters. The van der Waals surface area contributed by atoms with Crippen LogP contribution in [0.3, 0.4) is 0 Å². The molecular weight excluding hydrogens is 300 g/mol. The number of aromatic carboxylic acids is 1. The monoisotopic (exact) mass is 316 g/mol. The smallest absolute Gasteiger partial charge is 0.343 e. The summed E-state index contributed by atoms with van der Waals surface area (Å²) in [5, 5.41) is 56.8. The van der Waals surface area contributed by atoms with E-state index >= 15 is 0 Å². The van der Waals surface area contributed by atoms with Gasteiger partial charge in [-0.15, -0.1) is 0 Å². The first-order chi connectivity index (χ1) is 10.4. The molecular formula is C13H16O9. The molecule has 1 heterocycles. The molecule has 0 bridgehead atoms. The fourth-order valence-corrected chi connectivity index (χ4v) is 2.12. The van der Waals surface area contributed by atoms with Gasteiger partial charge >= 0.3 is 5.97 Å². The van der Waals surface area contributed by atoms with Crippen molar-refractivity contribution in [2.24, 2.45) is 0 Å². The first-order valence-electron chi connectivity index (χ1n) is 6.39. The first-order valence-corrected chi connectivity index (χ1v) is 6.39. The molecule has 9 heteroatoms. The van der Waals surface area contributed by atoms with E-state index in [0.717, 1.165) is 6.07 Å². The third kappa shape index (κ3) is 2.98.